The van der Waals surface area contributed by atoms with Gasteiger partial charge in [-0.3, -0.25) is 33.7 Å². The molecule has 0 aromatic heterocycles. The molecule has 1 aromatic carbocycles. The lowest BCUT2D eigenvalue weighted by molar-refractivity contribution is -0.148. The van der Waals surface area contributed by atoms with E-state index in [0.29, 0.717) is 37.9 Å². The first kappa shape index (κ1) is 40.7. The number of ether oxygens (including phenoxy) is 1. The number of amides is 7. The molecule has 1 fully saturated rings. The molecule has 0 spiro atoms. The van der Waals surface area contributed by atoms with E-state index in [2.05, 4.69) is 21.3 Å². The summed E-state index contributed by atoms with van der Waals surface area (Å²) in [5.74, 6) is -2.64. The van der Waals surface area contributed by atoms with Gasteiger partial charge in [0.1, 0.15) is 18.7 Å². The minimum Gasteiger partial charge on any atom is -0.461 e. The molecule has 1 aromatic rings. The van der Waals surface area contributed by atoms with E-state index in [1.54, 1.807) is 52.0 Å². The highest BCUT2D eigenvalue weighted by atomic mass is 16.5. The molecule has 49 heavy (non-hydrogen) atoms. The molecule has 272 valence electrons. The normalized spacial score (nSPS) is 15.7. The zero-order valence-electron chi connectivity index (χ0n) is 29.6. The van der Waals surface area contributed by atoms with Crippen LogP contribution >= 0.6 is 0 Å². The highest BCUT2D eigenvalue weighted by molar-refractivity contribution is 6.03. The number of benzene rings is 1. The van der Waals surface area contributed by atoms with E-state index in [-0.39, 0.29) is 79.8 Å². The van der Waals surface area contributed by atoms with E-state index in [1.165, 1.54) is 4.90 Å². The van der Waals surface area contributed by atoms with Crippen LogP contribution in [0, 0.1) is 23.7 Å². The number of hydrogen-bond acceptors (Lipinski definition) is 8. The van der Waals surface area contributed by atoms with E-state index in [1.807, 2.05) is 13.8 Å². The van der Waals surface area contributed by atoms with Crippen molar-refractivity contribution in [2.75, 3.05) is 18.4 Å². The largest absolute Gasteiger partial charge is 0.461 e. The zero-order chi connectivity index (χ0) is 36.7. The first-order valence-corrected chi connectivity index (χ1v) is 17.1. The summed E-state index contributed by atoms with van der Waals surface area (Å²) >= 11 is 0. The second kappa shape index (κ2) is 20.1. The summed E-state index contributed by atoms with van der Waals surface area (Å²) in [7, 11) is 0. The summed E-state index contributed by atoms with van der Waals surface area (Å²) in [4.78, 5) is 88.5. The van der Waals surface area contributed by atoms with E-state index in [4.69, 9.17) is 10.5 Å². The van der Waals surface area contributed by atoms with Crippen molar-refractivity contribution in [1.82, 2.24) is 20.9 Å². The summed E-state index contributed by atoms with van der Waals surface area (Å²) in [6.45, 7) is 11.5. The lowest BCUT2D eigenvalue weighted by Crippen LogP contribution is -2.54. The summed E-state index contributed by atoms with van der Waals surface area (Å²) in [6.07, 6.45) is 2.64. The Bertz CT molecular complexity index is 1310. The Kier molecular flexibility index (Phi) is 16.7. The predicted molar refractivity (Wildman–Crippen MR) is 183 cm³/mol. The Hall–Kier alpha value is -4.49. The molecule has 1 saturated heterocycles. The van der Waals surface area contributed by atoms with Crippen LogP contribution in [0.1, 0.15) is 92.1 Å². The van der Waals surface area contributed by atoms with Gasteiger partial charge in [0.15, 0.2) is 0 Å². The highest BCUT2D eigenvalue weighted by Gasteiger charge is 2.39. The second-order valence-electron chi connectivity index (χ2n) is 13.5. The van der Waals surface area contributed by atoms with Crippen LogP contribution in [0.5, 0.6) is 0 Å². The number of nitrogens with zero attached hydrogens (tertiary/aromatic N) is 1. The molecule has 0 saturated carbocycles. The molecular formula is C35H54N6O8. The number of nitrogens with one attached hydrogen (secondary N) is 4. The van der Waals surface area contributed by atoms with Gasteiger partial charge in [-0.05, 0) is 55.2 Å². The van der Waals surface area contributed by atoms with Crippen LogP contribution in [0.15, 0.2) is 24.3 Å². The number of imide groups is 1. The molecular weight excluding hydrogens is 632 g/mol. The van der Waals surface area contributed by atoms with Crippen molar-refractivity contribution in [1.29, 1.82) is 0 Å². The van der Waals surface area contributed by atoms with Crippen LogP contribution in [0.25, 0.3) is 0 Å². The summed E-state index contributed by atoms with van der Waals surface area (Å²) < 4.78 is 5.23. The number of likely N-dealkylation sites (tertiary alicyclic amines) is 1. The topological polar surface area (TPSA) is 206 Å². The molecule has 0 aliphatic carbocycles. The van der Waals surface area contributed by atoms with Gasteiger partial charge in [-0.15, -0.1) is 0 Å². The maximum Gasteiger partial charge on any atom is 0.312 e. The van der Waals surface area contributed by atoms with Crippen molar-refractivity contribution in [3.05, 3.63) is 29.8 Å². The number of urea groups is 1. The summed E-state index contributed by atoms with van der Waals surface area (Å²) in [6, 6.07) is 4.14. The van der Waals surface area contributed by atoms with Gasteiger partial charge in [0.2, 0.25) is 29.5 Å². The third-order valence-electron chi connectivity index (χ3n) is 8.31. The SMILES string of the molecule is CC(C)C(=O)OCc1ccc(NC(=O)[C@H](CCCNC(N)=O)NC(=O)[C@@H](NC(=O)CCCCCN2C(=O)CC(C(C)C)C2=O)C(C)C)cc1. The van der Waals surface area contributed by atoms with Crippen molar-refractivity contribution < 1.29 is 38.3 Å². The minimum atomic E-state index is -0.988. The molecule has 1 heterocycles. The molecule has 14 nitrogen and oxygen atoms in total. The van der Waals surface area contributed by atoms with Gasteiger partial charge >= 0.3 is 12.0 Å². The molecule has 3 atom stereocenters. The molecule has 0 bridgehead atoms. The first-order chi connectivity index (χ1) is 23.1. The third kappa shape index (κ3) is 13.9. The standard InChI is InChI=1S/C35H54N6O8/c1-21(2)26-19-29(43)41(33(26)46)18-9-7-8-12-28(42)40-30(22(3)4)32(45)39-27(11-10-17-37-35(36)48)31(44)38-25-15-13-24(14-16-25)20-49-34(47)23(5)6/h13-16,21-23,26-27,30H,7-12,17-20H2,1-6H3,(H,38,44)(H,39,45)(H,40,42)(H3,36,37,48)/t26?,27-,30-/m0/s1. The minimum absolute atomic E-state index is 0.0958. The second-order valence-corrected chi connectivity index (χ2v) is 13.5. The fourth-order valence-corrected chi connectivity index (χ4v) is 5.26. The molecule has 1 aliphatic rings. The number of unbranched alkanes of at least 4 members (excludes halogenated alkanes) is 2. The molecule has 14 heteroatoms. The lowest BCUT2D eigenvalue weighted by atomic mass is 9.94. The fraction of sp³-hybridized carbons (Fsp3) is 0.629. The molecule has 0 radical (unpaired) electrons. The van der Waals surface area contributed by atoms with Crippen LogP contribution in [-0.2, 0) is 40.1 Å². The van der Waals surface area contributed by atoms with Crippen molar-refractivity contribution in [2.45, 2.75) is 105 Å². The first-order valence-electron chi connectivity index (χ1n) is 17.1. The Balaban J connectivity index is 1.94. The van der Waals surface area contributed by atoms with Gasteiger partial charge in [-0.2, -0.15) is 0 Å². The van der Waals surface area contributed by atoms with Crippen LogP contribution in [-0.4, -0.2) is 71.6 Å². The predicted octanol–water partition coefficient (Wildman–Crippen LogP) is 2.99. The van der Waals surface area contributed by atoms with E-state index in [9.17, 15) is 33.6 Å². The molecule has 2 rings (SSSR count). The fourth-order valence-electron chi connectivity index (χ4n) is 5.26. The van der Waals surface area contributed by atoms with Gasteiger partial charge < -0.3 is 31.7 Å². The van der Waals surface area contributed by atoms with Gasteiger partial charge in [-0.1, -0.05) is 60.1 Å². The van der Waals surface area contributed by atoms with Gasteiger partial charge in [0, 0.05) is 37.5 Å². The number of anilines is 1. The van der Waals surface area contributed by atoms with E-state index >= 15 is 0 Å². The van der Waals surface area contributed by atoms with Crippen LogP contribution < -0.4 is 27.0 Å². The maximum atomic E-state index is 13.4. The molecule has 1 aliphatic heterocycles. The monoisotopic (exact) mass is 686 g/mol. The van der Waals surface area contributed by atoms with E-state index in [0.717, 1.165) is 5.56 Å². The number of nitrogens with two attached hydrogens (primary N) is 1. The van der Waals surface area contributed by atoms with Gasteiger partial charge in [0.25, 0.3) is 0 Å². The Morgan fingerprint density at radius 2 is 1.57 bits per heavy atom. The van der Waals surface area contributed by atoms with Crippen molar-refractivity contribution >= 4 is 47.2 Å². The van der Waals surface area contributed by atoms with Gasteiger partial charge in [-0.25, -0.2) is 4.79 Å². The number of rotatable bonds is 20. The average Bonchev–Trinajstić information content (AvgIpc) is 3.32. The van der Waals surface area contributed by atoms with Crippen molar-refractivity contribution in [2.24, 2.45) is 29.4 Å². The van der Waals surface area contributed by atoms with E-state index < -0.39 is 29.9 Å². The average molecular weight is 687 g/mol. The molecule has 1 unspecified atom stereocenters. The number of hydrogen-bond donors (Lipinski definition) is 5. The number of carbonyl (C=O) groups excluding carboxylic acids is 7. The Morgan fingerprint density at radius 1 is 0.898 bits per heavy atom. The lowest BCUT2D eigenvalue weighted by Gasteiger charge is -2.25. The smallest absolute Gasteiger partial charge is 0.312 e. The number of primary amides is 1. The molecule has 6 N–H and O–H groups in total. The quantitative estimate of drug-likeness (QED) is 0.0781. The third-order valence-corrected chi connectivity index (χ3v) is 8.31. The molecule has 7 amide bonds. The van der Waals surface area contributed by atoms with Gasteiger partial charge in [0.05, 0.1) is 5.92 Å². The maximum absolute atomic E-state index is 13.4. The zero-order valence-corrected chi connectivity index (χ0v) is 29.6. The van der Waals surface area contributed by atoms with Crippen LogP contribution in [0.4, 0.5) is 10.5 Å². The number of carbonyl (C=O) groups is 7. The summed E-state index contributed by atoms with van der Waals surface area (Å²) in [5.41, 5.74) is 6.35. The summed E-state index contributed by atoms with van der Waals surface area (Å²) in [5, 5.41) is 10.8. The Morgan fingerprint density at radius 3 is 2.14 bits per heavy atom. The van der Waals surface area contributed by atoms with Crippen LogP contribution in [0.3, 0.4) is 0 Å². The van der Waals surface area contributed by atoms with Crippen molar-refractivity contribution in [3.8, 4) is 0 Å². The number of esters is 1. The highest BCUT2D eigenvalue weighted by Crippen LogP contribution is 2.26. The van der Waals surface area contributed by atoms with Crippen molar-refractivity contribution in [3.63, 3.8) is 0 Å². The Labute approximate surface area is 289 Å². The van der Waals surface area contributed by atoms with Crippen LogP contribution in [0.2, 0.25) is 0 Å².